The van der Waals surface area contributed by atoms with Crippen LogP contribution in [0.1, 0.15) is 49.8 Å². The van der Waals surface area contributed by atoms with Crippen LogP contribution in [-0.2, 0) is 15.1 Å². The van der Waals surface area contributed by atoms with Crippen LogP contribution in [0.3, 0.4) is 0 Å². The first-order valence-corrected chi connectivity index (χ1v) is 6.39. The average Bonchev–Trinajstić information content (AvgIpc) is 2.44. The Kier molecular flexibility index (Phi) is 5.23. The molecule has 6 nitrogen and oxygen atoms in total. The van der Waals surface area contributed by atoms with Crippen LogP contribution in [0, 0.1) is 0 Å². The van der Waals surface area contributed by atoms with Crippen LogP contribution in [0.25, 0.3) is 0 Å². The van der Waals surface area contributed by atoms with Gasteiger partial charge in [-0.05, 0) is 19.8 Å². The van der Waals surface area contributed by atoms with Crippen molar-refractivity contribution in [1.82, 2.24) is 9.97 Å². The summed E-state index contributed by atoms with van der Waals surface area (Å²) >= 11 is 0. The molecule has 0 aliphatic heterocycles. The van der Waals surface area contributed by atoms with Gasteiger partial charge in [0.05, 0.1) is 7.11 Å². The molecule has 0 radical (unpaired) electrons. The Hall–Kier alpha value is -1.69. The van der Waals surface area contributed by atoms with Crippen molar-refractivity contribution >= 4 is 11.8 Å². The van der Waals surface area contributed by atoms with Crippen molar-refractivity contribution in [2.24, 2.45) is 0 Å². The van der Waals surface area contributed by atoms with Crippen molar-refractivity contribution in [2.45, 2.75) is 39.2 Å². The maximum atomic E-state index is 11.4. The third-order valence-corrected chi connectivity index (χ3v) is 3.19. The first-order chi connectivity index (χ1) is 9.04. The molecule has 0 aliphatic carbocycles. The van der Waals surface area contributed by atoms with Crippen LogP contribution >= 0.6 is 0 Å². The van der Waals surface area contributed by atoms with Gasteiger partial charge in [0.15, 0.2) is 5.82 Å². The molecule has 0 aliphatic rings. The van der Waals surface area contributed by atoms with E-state index in [0.29, 0.717) is 12.4 Å². The first-order valence-electron chi connectivity index (χ1n) is 6.39. The molecule has 0 amide bonds. The topological polar surface area (TPSA) is 87.3 Å². The molecule has 1 heterocycles. The summed E-state index contributed by atoms with van der Waals surface area (Å²) in [6.45, 7) is 6.50. The van der Waals surface area contributed by atoms with E-state index in [4.69, 9.17) is 10.5 Å². The van der Waals surface area contributed by atoms with Crippen LogP contribution in [0.2, 0.25) is 0 Å². The van der Waals surface area contributed by atoms with Crippen molar-refractivity contribution in [3.63, 3.8) is 0 Å². The summed E-state index contributed by atoms with van der Waals surface area (Å²) in [5, 5.41) is 0. The van der Waals surface area contributed by atoms with E-state index >= 15 is 0 Å². The minimum Gasteiger partial charge on any atom is -0.465 e. The van der Waals surface area contributed by atoms with Gasteiger partial charge in [0.1, 0.15) is 17.0 Å². The van der Waals surface area contributed by atoms with E-state index in [1.165, 1.54) is 13.3 Å². The van der Waals surface area contributed by atoms with Crippen molar-refractivity contribution in [1.29, 1.82) is 0 Å². The van der Waals surface area contributed by atoms with Gasteiger partial charge in [0.25, 0.3) is 0 Å². The van der Waals surface area contributed by atoms with E-state index in [0.717, 1.165) is 12.8 Å². The van der Waals surface area contributed by atoms with Gasteiger partial charge in [0.2, 0.25) is 0 Å². The highest BCUT2D eigenvalue weighted by Crippen LogP contribution is 2.31. The Bertz CT molecular complexity index is 445. The fourth-order valence-corrected chi connectivity index (χ4v) is 1.99. The van der Waals surface area contributed by atoms with Crippen LogP contribution in [-0.4, -0.2) is 29.7 Å². The molecule has 106 valence electrons. The SMILES string of the molecule is CCOC(CC)(CC)c1ncc(C(=O)OC)c(N)n1. The van der Waals surface area contributed by atoms with Gasteiger partial charge in [-0.25, -0.2) is 14.8 Å². The lowest BCUT2D eigenvalue weighted by atomic mass is 9.95. The Morgan fingerprint density at radius 1 is 1.37 bits per heavy atom. The fraction of sp³-hybridized carbons (Fsp3) is 0.615. The zero-order chi connectivity index (χ0) is 14.5. The van der Waals surface area contributed by atoms with Crippen molar-refractivity contribution in [3.8, 4) is 0 Å². The number of carbonyl (C=O) groups is 1. The molecular weight excluding hydrogens is 246 g/mol. The fourth-order valence-electron chi connectivity index (χ4n) is 1.99. The van der Waals surface area contributed by atoms with E-state index in [-0.39, 0.29) is 11.4 Å². The molecule has 0 aromatic carbocycles. The molecule has 0 atom stereocenters. The molecule has 0 saturated heterocycles. The molecule has 0 saturated carbocycles. The average molecular weight is 267 g/mol. The zero-order valence-electron chi connectivity index (χ0n) is 11.9. The minimum absolute atomic E-state index is 0.114. The molecule has 0 bridgehead atoms. The molecule has 1 aromatic rings. The van der Waals surface area contributed by atoms with Crippen LogP contribution in [0.5, 0.6) is 0 Å². The van der Waals surface area contributed by atoms with Crippen molar-refractivity contribution in [2.75, 3.05) is 19.5 Å². The molecule has 2 N–H and O–H groups in total. The summed E-state index contributed by atoms with van der Waals surface area (Å²) in [6, 6.07) is 0. The highest BCUT2D eigenvalue weighted by atomic mass is 16.5. The summed E-state index contributed by atoms with van der Waals surface area (Å²) in [4.78, 5) is 19.9. The van der Waals surface area contributed by atoms with Gasteiger partial charge in [-0.3, -0.25) is 0 Å². The quantitative estimate of drug-likeness (QED) is 0.792. The standard InChI is InChI=1S/C13H21N3O3/c1-5-13(6-2,19-7-3)12-15-8-9(10(14)16-12)11(17)18-4/h8H,5-7H2,1-4H3,(H2,14,15,16). The van der Waals surface area contributed by atoms with Gasteiger partial charge in [-0.1, -0.05) is 13.8 Å². The van der Waals surface area contributed by atoms with E-state index < -0.39 is 11.6 Å². The Morgan fingerprint density at radius 3 is 2.42 bits per heavy atom. The number of anilines is 1. The second kappa shape index (κ2) is 6.47. The molecule has 0 spiro atoms. The highest BCUT2D eigenvalue weighted by Gasteiger charge is 2.33. The third kappa shape index (κ3) is 3.01. The summed E-state index contributed by atoms with van der Waals surface area (Å²) < 4.78 is 10.4. The van der Waals surface area contributed by atoms with E-state index in [1.54, 1.807) is 0 Å². The normalized spacial score (nSPS) is 11.4. The van der Waals surface area contributed by atoms with E-state index in [1.807, 2.05) is 20.8 Å². The van der Waals surface area contributed by atoms with Gasteiger partial charge < -0.3 is 15.2 Å². The molecule has 1 aromatic heterocycles. The summed E-state index contributed by atoms with van der Waals surface area (Å²) in [5.41, 5.74) is 5.40. The smallest absolute Gasteiger partial charge is 0.343 e. The number of hydrogen-bond donors (Lipinski definition) is 1. The Balaban J connectivity index is 3.20. The van der Waals surface area contributed by atoms with Gasteiger partial charge in [-0.15, -0.1) is 0 Å². The predicted molar refractivity (Wildman–Crippen MR) is 71.7 cm³/mol. The summed E-state index contributed by atoms with van der Waals surface area (Å²) in [7, 11) is 1.29. The summed E-state index contributed by atoms with van der Waals surface area (Å²) in [6.07, 6.45) is 2.85. The molecule has 0 fully saturated rings. The second-order valence-corrected chi connectivity index (χ2v) is 4.12. The lowest BCUT2D eigenvalue weighted by Gasteiger charge is -2.30. The number of esters is 1. The number of nitrogens with zero attached hydrogens (tertiary/aromatic N) is 2. The van der Waals surface area contributed by atoms with Crippen molar-refractivity contribution < 1.29 is 14.3 Å². The van der Waals surface area contributed by atoms with E-state index in [2.05, 4.69) is 14.7 Å². The maximum absolute atomic E-state index is 11.4. The van der Waals surface area contributed by atoms with Crippen molar-refractivity contribution in [3.05, 3.63) is 17.6 Å². The zero-order valence-corrected chi connectivity index (χ0v) is 11.9. The highest BCUT2D eigenvalue weighted by molar-refractivity contribution is 5.93. The number of methoxy groups -OCH3 is 1. The number of carbonyl (C=O) groups excluding carboxylic acids is 1. The Morgan fingerprint density at radius 2 is 2.00 bits per heavy atom. The predicted octanol–water partition coefficient (Wildman–Crippen LogP) is 1.90. The first kappa shape index (κ1) is 15.4. The number of nitrogens with two attached hydrogens (primary N) is 1. The largest absolute Gasteiger partial charge is 0.465 e. The number of aromatic nitrogens is 2. The van der Waals surface area contributed by atoms with Gasteiger partial charge >= 0.3 is 5.97 Å². The van der Waals surface area contributed by atoms with Crippen LogP contribution in [0.4, 0.5) is 5.82 Å². The second-order valence-electron chi connectivity index (χ2n) is 4.12. The molecule has 1 rings (SSSR count). The van der Waals surface area contributed by atoms with E-state index in [9.17, 15) is 4.79 Å². The maximum Gasteiger partial charge on any atom is 0.343 e. The van der Waals surface area contributed by atoms with Crippen LogP contribution in [0.15, 0.2) is 6.20 Å². The lowest BCUT2D eigenvalue weighted by Crippen LogP contribution is -2.31. The minimum atomic E-state index is -0.558. The monoisotopic (exact) mass is 267 g/mol. The molecule has 6 heteroatoms. The number of ether oxygens (including phenoxy) is 2. The lowest BCUT2D eigenvalue weighted by molar-refractivity contribution is -0.0571. The third-order valence-electron chi connectivity index (χ3n) is 3.19. The Labute approximate surface area is 113 Å². The number of nitrogen functional groups attached to an aromatic ring is 1. The van der Waals surface area contributed by atoms with Gasteiger partial charge in [0, 0.05) is 12.8 Å². The molecule has 19 heavy (non-hydrogen) atoms. The van der Waals surface area contributed by atoms with Gasteiger partial charge in [-0.2, -0.15) is 0 Å². The number of hydrogen-bond acceptors (Lipinski definition) is 6. The van der Waals surface area contributed by atoms with Crippen LogP contribution < -0.4 is 5.73 Å². The molecule has 0 unspecified atom stereocenters. The number of rotatable bonds is 6. The molecular formula is C13H21N3O3. The summed E-state index contributed by atoms with van der Waals surface area (Å²) in [5.74, 6) is 0.0754.